The number of methoxy groups -OCH3 is 1. The van der Waals surface area contributed by atoms with Gasteiger partial charge in [0, 0.05) is 17.1 Å². The van der Waals surface area contributed by atoms with Gasteiger partial charge >= 0.3 is 6.03 Å². The molecule has 0 saturated carbocycles. The van der Waals surface area contributed by atoms with E-state index >= 15 is 0 Å². The van der Waals surface area contributed by atoms with Crippen molar-refractivity contribution in [1.29, 1.82) is 0 Å². The fraction of sp³-hybridized carbons (Fsp3) is 0.125. The number of para-hydroxylation sites is 1. The Morgan fingerprint density at radius 3 is 2.48 bits per heavy atom. The van der Waals surface area contributed by atoms with E-state index in [0.29, 0.717) is 28.8 Å². The van der Waals surface area contributed by atoms with Crippen LogP contribution in [0.3, 0.4) is 0 Å². The van der Waals surface area contributed by atoms with E-state index in [1.165, 1.54) is 23.1 Å². The fourth-order valence-corrected chi connectivity index (χ4v) is 3.55. The molecule has 4 rings (SSSR count). The third-order valence-corrected chi connectivity index (χ3v) is 5.30. The number of hydrogen-bond donors (Lipinski definition) is 1. The third kappa shape index (κ3) is 4.96. The monoisotopic (exact) mass is 465 g/mol. The SMILES string of the molecule is COc1ccc(N(Cc2nnc(C)n2-c2ccccc2)C(=O)Nc2ccc(F)c(Cl)c2)cc1. The van der Waals surface area contributed by atoms with Crippen molar-refractivity contribution in [3.8, 4) is 11.4 Å². The summed E-state index contributed by atoms with van der Waals surface area (Å²) in [6.45, 7) is 1.98. The summed E-state index contributed by atoms with van der Waals surface area (Å²) in [5.74, 6) is 1.36. The minimum absolute atomic E-state index is 0.0803. The molecule has 4 aromatic rings. The molecule has 0 unspecified atom stereocenters. The average Bonchev–Trinajstić information content (AvgIpc) is 3.20. The molecule has 2 amide bonds. The van der Waals surface area contributed by atoms with Crippen molar-refractivity contribution in [2.75, 3.05) is 17.3 Å². The van der Waals surface area contributed by atoms with Crippen molar-refractivity contribution < 1.29 is 13.9 Å². The number of benzene rings is 3. The molecule has 9 heteroatoms. The van der Waals surface area contributed by atoms with Gasteiger partial charge in [-0.3, -0.25) is 9.47 Å². The molecule has 7 nitrogen and oxygen atoms in total. The highest BCUT2D eigenvalue weighted by molar-refractivity contribution is 6.31. The number of amides is 2. The molecule has 0 aliphatic carbocycles. The lowest BCUT2D eigenvalue weighted by molar-refractivity contribution is 0.256. The van der Waals surface area contributed by atoms with Crippen molar-refractivity contribution >= 4 is 29.0 Å². The molecule has 0 atom stereocenters. The van der Waals surface area contributed by atoms with E-state index in [1.54, 1.807) is 31.4 Å². The number of nitrogens with one attached hydrogen (secondary N) is 1. The molecule has 1 aromatic heterocycles. The first-order valence-electron chi connectivity index (χ1n) is 10.1. The summed E-state index contributed by atoms with van der Waals surface area (Å²) in [6, 6.07) is 20.3. The maximum Gasteiger partial charge on any atom is 0.326 e. The molecule has 1 N–H and O–H groups in total. The molecular weight excluding hydrogens is 445 g/mol. The molecule has 0 saturated heterocycles. The molecule has 33 heavy (non-hydrogen) atoms. The summed E-state index contributed by atoms with van der Waals surface area (Å²) in [4.78, 5) is 14.8. The predicted molar refractivity (Wildman–Crippen MR) is 126 cm³/mol. The second-order valence-corrected chi connectivity index (χ2v) is 7.58. The number of aromatic nitrogens is 3. The van der Waals surface area contributed by atoms with E-state index in [9.17, 15) is 9.18 Å². The summed E-state index contributed by atoms with van der Waals surface area (Å²) in [5, 5.41) is 11.2. The minimum Gasteiger partial charge on any atom is -0.497 e. The van der Waals surface area contributed by atoms with Gasteiger partial charge in [0.15, 0.2) is 5.82 Å². The predicted octanol–water partition coefficient (Wildman–Crippen LogP) is 5.62. The highest BCUT2D eigenvalue weighted by Gasteiger charge is 2.21. The highest BCUT2D eigenvalue weighted by atomic mass is 35.5. The Balaban J connectivity index is 1.69. The van der Waals surface area contributed by atoms with E-state index in [0.717, 1.165) is 5.69 Å². The van der Waals surface area contributed by atoms with E-state index < -0.39 is 11.8 Å². The molecule has 0 bridgehead atoms. The fourth-order valence-electron chi connectivity index (χ4n) is 3.37. The smallest absolute Gasteiger partial charge is 0.326 e. The van der Waals surface area contributed by atoms with Crippen LogP contribution in [0, 0.1) is 12.7 Å². The lowest BCUT2D eigenvalue weighted by Gasteiger charge is -2.23. The number of ether oxygens (including phenoxy) is 1. The first-order valence-corrected chi connectivity index (χ1v) is 10.5. The molecule has 0 spiro atoms. The summed E-state index contributed by atoms with van der Waals surface area (Å²) in [6.07, 6.45) is 0. The van der Waals surface area contributed by atoms with Crippen LogP contribution in [-0.4, -0.2) is 27.9 Å². The maximum atomic E-state index is 13.5. The normalized spacial score (nSPS) is 10.7. The van der Waals surface area contributed by atoms with Gasteiger partial charge in [-0.25, -0.2) is 9.18 Å². The van der Waals surface area contributed by atoms with Crippen molar-refractivity contribution in [2.45, 2.75) is 13.5 Å². The number of carbonyl (C=O) groups excluding carboxylic acids is 1. The zero-order valence-electron chi connectivity index (χ0n) is 18.0. The topological polar surface area (TPSA) is 72.3 Å². The van der Waals surface area contributed by atoms with Crippen LogP contribution < -0.4 is 15.0 Å². The van der Waals surface area contributed by atoms with Crippen LogP contribution in [0.5, 0.6) is 5.75 Å². The maximum absolute atomic E-state index is 13.5. The highest BCUT2D eigenvalue weighted by Crippen LogP contribution is 2.25. The zero-order valence-corrected chi connectivity index (χ0v) is 18.8. The Morgan fingerprint density at radius 2 is 1.82 bits per heavy atom. The second kappa shape index (κ2) is 9.70. The molecule has 1 heterocycles. The lowest BCUT2D eigenvalue weighted by atomic mass is 10.2. The number of halogens is 2. The largest absolute Gasteiger partial charge is 0.497 e. The number of hydrogen-bond acceptors (Lipinski definition) is 4. The molecule has 0 fully saturated rings. The quantitative estimate of drug-likeness (QED) is 0.401. The van der Waals surface area contributed by atoms with Crippen LogP contribution >= 0.6 is 11.6 Å². The van der Waals surface area contributed by atoms with Gasteiger partial charge in [-0.1, -0.05) is 29.8 Å². The summed E-state index contributed by atoms with van der Waals surface area (Å²) in [5.41, 5.74) is 1.86. The van der Waals surface area contributed by atoms with Crippen molar-refractivity contribution in [2.24, 2.45) is 0 Å². The molecule has 168 valence electrons. The molecular formula is C24H21ClFN5O2. The van der Waals surface area contributed by atoms with E-state index in [1.807, 2.05) is 41.8 Å². The minimum atomic E-state index is -0.562. The van der Waals surface area contributed by atoms with Crippen LogP contribution in [0.4, 0.5) is 20.6 Å². The standard InChI is InChI=1S/C24H21ClFN5O2/c1-16-28-29-23(31(16)19-6-4-3-5-7-19)15-30(18-9-11-20(33-2)12-10-18)24(32)27-17-8-13-22(26)21(25)14-17/h3-14H,15H2,1-2H3,(H,27,32). The summed E-state index contributed by atoms with van der Waals surface area (Å²) >= 11 is 5.87. The van der Waals surface area contributed by atoms with Crippen LogP contribution in [0.25, 0.3) is 5.69 Å². The van der Waals surface area contributed by atoms with Gasteiger partial charge in [0.2, 0.25) is 0 Å². The van der Waals surface area contributed by atoms with E-state index in [-0.39, 0.29) is 11.6 Å². The summed E-state index contributed by atoms with van der Waals surface area (Å²) in [7, 11) is 1.57. The second-order valence-electron chi connectivity index (χ2n) is 7.18. The number of nitrogens with zero attached hydrogens (tertiary/aromatic N) is 4. The Labute approximate surface area is 195 Å². The van der Waals surface area contributed by atoms with E-state index in [2.05, 4.69) is 15.5 Å². The van der Waals surface area contributed by atoms with Gasteiger partial charge in [0.25, 0.3) is 0 Å². The van der Waals surface area contributed by atoms with Crippen molar-refractivity contribution in [3.63, 3.8) is 0 Å². The van der Waals surface area contributed by atoms with Gasteiger partial charge in [-0.2, -0.15) is 0 Å². The molecule has 3 aromatic carbocycles. The first-order chi connectivity index (χ1) is 16.0. The molecule has 0 aliphatic heterocycles. The first kappa shape index (κ1) is 22.3. The van der Waals surface area contributed by atoms with Crippen molar-refractivity contribution in [1.82, 2.24) is 14.8 Å². The average molecular weight is 466 g/mol. The van der Waals surface area contributed by atoms with Gasteiger partial charge in [-0.05, 0) is 61.5 Å². The number of carbonyl (C=O) groups is 1. The Morgan fingerprint density at radius 1 is 1.09 bits per heavy atom. The Bertz CT molecular complexity index is 1260. The lowest BCUT2D eigenvalue weighted by Crippen LogP contribution is -2.35. The van der Waals surface area contributed by atoms with Gasteiger partial charge < -0.3 is 10.1 Å². The van der Waals surface area contributed by atoms with Crippen molar-refractivity contribution in [3.05, 3.63) is 95.3 Å². The number of rotatable bonds is 6. The molecule has 0 radical (unpaired) electrons. The van der Waals surface area contributed by atoms with Gasteiger partial charge in [-0.15, -0.1) is 10.2 Å². The third-order valence-electron chi connectivity index (χ3n) is 5.01. The zero-order chi connectivity index (χ0) is 23.4. The number of aryl methyl sites for hydroxylation is 1. The molecule has 0 aliphatic rings. The van der Waals surface area contributed by atoms with E-state index in [4.69, 9.17) is 16.3 Å². The number of urea groups is 1. The summed E-state index contributed by atoms with van der Waals surface area (Å²) < 4.78 is 20.7. The van der Waals surface area contributed by atoms with Crippen LogP contribution in [0.15, 0.2) is 72.8 Å². The Hall–Kier alpha value is -3.91. The van der Waals surface area contributed by atoms with Gasteiger partial charge in [0.05, 0.1) is 18.7 Å². The van der Waals surface area contributed by atoms with Crippen LogP contribution in [0.2, 0.25) is 5.02 Å². The van der Waals surface area contributed by atoms with Crippen LogP contribution in [0.1, 0.15) is 11.6 Å². The van der Waals surface area contributed by atoms with Gasteiger partial charge in [0.1, 0.15) is 17.4 Å². The van der Waals surface area contributed by atoms with Crippen LogP contribution in [-0.2, 0) is 6.54 Å². The Kier molecular flexibility index (Phi) is 6.55. The number of anilines is 2.